The quantitative estimate of drug-likeness (QED) is 0.733. The van der Waals surface area contributed by atoms with E-state index in [-0.39, 0.29) is 17.7 Å². The molecule has 3 nitrogen and oxygen atoms in total. The largest absolute Gasteiger partial charge is 0.212 e. The molecule has 0 amide bonds. The Labute approximate surface area is 125 Å². The molecule has 0 heterocycles. The van der Waals surface area contributed by atoms with Crippen molar-refractivity contribution in [3.63, 3.8) is 0 Å². The molecule has 1 aromatic carbocycles. The minimum absolute atomic E-state index is 0.000163. The second kappa shape index (κ2) is 8.02. The van der Waals surface area contributed by atoms with Crippen molar-refractivity contribution in [1.29, 1.82) is 0 Å². The minimum atomic E-state index is -3.23. The highest BCUT2D eigenvalue weighted by molar-refractivity contribution is 9.09. The van der Waals surface area contributed by atoms with Gasteiger partial charge < -0.3 is 0 Å². The highest BCUT2D eigenvalue weighted by Gasteiger charge is 2.20. The lowest BCUT2D eigenvalue weighted by atomic mass is 10.0. The third kappa shape index (κ3) is 6.06. The molecule has 0 aromatic heterocycles. The Bertz CT molecular complexity index is 462. The first kappa shape index (κ1) is 16.7. The molecular weight excluding hydrogens is 326 g/mol. The second-order valence-corrected chi connectivity index (χ2v) is 7.39. The summed E-state index contributed by atoms with van der Waals surface area (Å²) in [6.07, 6.45) is 1.62. The van der Waals surface area contributed by atoms with E-state index in [0.29, 0.717) is 0 Å². The molecule has 0 radical (unpaired) electrons. The number of benzene rings is 1. The van der Waals surface area contributed by atoms with Gasteiger partial charge in [0.15, 0.2) is 0 Å². The fraction of sp³-hybridized carbons (Fsp3) is 0.571. The summed E-state index contributed by atoms with van der Waals surface area (Å²) in [6.45, 7) is 3.94. The van der Waals surface area contributed by atoms with Gasteiger partial charge in [-0.1, -0.05) is 60.1 Å². The summed E-state index contributed by atoms with van der Waals surface area (Å²) < 4.78 is 27.1. The van der Waals surface area contributed by atoms with Gasteiger partial charge in [-0.25, -0.2) is 13.1 Å². The summed E-state index contributed by atoms with van der Waals surface area (Å²) in [5, 5.41) is 0.808. The van der Waals surface area contributed by atoms with Crippen LogP contribution in [0.5, 0.6) is 0 Å². The van der Waals surface area contributed by atoms with Crippen molar-refractivity contribution in [3.05, 3.63) is 35.9 Å². The number of hydrogen-bond acceptors (Lipinski definition) is 2. The van der Waals surface area contributed by atoms with Crippen LogP contribution in [-0.4, -0.2) is 25.5 Å². The molecule has 0 saturated carbocycles. The number of hydrogen-bond donors (Lipinski definition) is 1. The SMILES string of the molecule is CCC(CCBr)NS(=O)(=O)CC(C)c1ccccc1. The van der Waals surface area contributed by atoms with E-state index >= 15 is 0 Å². The van der Waals surface area contributed by atoms with Crippen molar-refractivity contribution in [2.75, 3.05) is 11.1 Å². The fourth-order valence-corrected chi connectivity index (χ4v) is 4.28. The highest BCUT2D eigenvalue weighted by Crippen LogP contribution is 2.17. The summed E-state index contributed by atoms with van der Waals surface area (Å²) >= 11 is 3.35. The van der Waals surface area contributed by atoms with E-state index in [1.54, 1.807) is 0 Å². The molecular formula is C14H22BrNO2S. The summed E-state index contributed by atoms with van der Waals surface area (Å²) in [7, 11) is -3.23. The number of nitrogens with one attached hydrogen (secondary N) is 1. The molecule has 0 spiro atoms. The standard InChI is InChI=1S/C14H22BrNO2S/c1-3-14(9-10-15)16-19(17,18)11-12(2)13-7-5-4-6-8-13/h4-8,12,14,16H,3,9-11H2,1-2H3. The lowest BCUT2D eigenvalue weighted by molar-refractivity contribution is 0.529. The van der Waals surface area contributed by atoms with Crippen LogP contribution in [0.3, 0.4) is 0 Å². The van der Waals surface area contributed by atoms with E-state index in [2.05, 4.69) is 20.7 Å². The summed E-state index contributed by atoms with van der Waals surface area (Å²) in [4.78, 5) is 0. The molecule has 0 bridgehead atoms. The summed E-state index contributed by atoms with van der Waals surface area (Å²) in [5.74, 6) is 0.135. The van der Waals surface area contributed by atoms with Crippen molar-refractivity contribution in [1.82, 2.24) is 4.72 Å². The van der Waals surface area contributed by atoms with E-state index < -0.39 is 10.0 Å². The van der Waals surface area contributed by atoms with Gasteiger partial charge >= 0.3 is 0 Å². The summed E-state index contributed by atoms with van der Waals surface area (Å²) in [5.41, 5.74) is 1.06. The topological polar surface area (TPSA) is 46.2 Å². The Kier molecular flexibility index (Phi) is 7.04. The van der Waals surface area contributed by atoms with Crippen LogP contribution in [0.4, 0.5) is 0 Å². The van der Waals surface area contributed by atoms with Crippen LogP contribution < -0.4 is 4.72 Å². The molecule has 108 valence electrons. The minimum Gasteiger partial charge on any atom is -0.212 e. The molecule has 19 heavy (non-hydrogen) atoms. The number of sulfonamides is 1. The van der Waals surface area contributed by atoms with Gasteiger partial charge in [-0.05, 0) is 24.3 Å². The van der Waals surface area contributed by atoms with Crippen molar-refractivity contribution >= 4 is 26.0 Å². The maximum absolute atomic E-state index is 12.1. The molecule has 0 fully saturated rings. The van der Waals surface area contributed by atoms with Crippen LogP contribution >= 0.6 is 15.9 Å². The Hall–Kier alpha value is -0.390. The van der Waals surface area contributed by atoms with E-state index in [0.717, 1.165) is 23.7 Å². The van der Waals surface area contributed by atoms with Gasteiger partial charge in [0.05, 0.1) is 5.75 Å². The van der Waals surface area contributed by atoms with Crippen LogP contribution in [0.15, 0.2) is 30.3 Å². The molecule has 2 unspecified atom stereocenters. The average Bonchev–Trinajstić information content (AvgIpc) is 2.38. The zero-order valence-electron chi connectivity index (χ0n) is 11.5. The lowest BCUT2D eigenvalue weighted by Crippen LogP contribution is -2.37. The number of rotatable bonds is 8. The maximum atomic E-state index is 12.1. The second-order valence-electron chi connectivity index (χ2n) is 4.79. The van der Waals surface area contributed by atoms with Crippen LogP contribution in [0.2, 0.25) is 0 Å². The molecule has 0 aliphatic heterocycles. The predicted molar refractivity (Wildman–Crippen MR) is 84.3 cm³/mol. The fourth-order valence-electron chi connectivity index (χ4n) is 1.99. The van der Waals surface area contributed by atoms with Gasteiger partial charge in [0, 0.05) is 11.4 Å². The molecule has 2 atom stereocenters. The van der Waals surface area contributed by atoms with E-state index in [1.165, 1.54) is 0 Å². The zero-order chi connectivity index (χ0) is 14.3. The Balaban J connectivity index is 2.64. The summed E-state index contributed by atoms with van der Waals surface area (Å²) in [6, 6.07) is 9.77. The maximum Gasteiger partial charge on any atom is 0.212 e. The van der Waals surface area contributed by atoms with E-state index in [9.17, 15) is 8.42 Å². The van der Waals surface area contributed by atoms with Crippen LogP contribution in [0.25, 0.3) is 0 Å². The third-order valence-electron chi connectivity index (χ3n) is 3.13. The van der Waals surface area contributed by atoms with Gasteiger partial charge in [-0.2, -0.15) is 0 Å². The lowest BCUT2D eigenvalue weighted by Gasteiger charge is -2.18. The van der Waals surface area contributed by atoms with Gasteiger partial charge in [-0.15, -0.1) is 0 Å². The molecule has 1 N–H and O–H groups in total. The first-order valence-corrected chi connectivity index (χ1v) is 9.36. The smallest absolute Gasteiger partial charge is 0.212 e. The monoisotopic (exact) mass is 347 g/mol. The normalized spacial score (nSPS) is 15.1. The molecule has 1 rings (SSSR count). The van der Waals surface area contributed by atoms with Crippen molar-refractivity contribution in [3.8, 4) is 0 Å². The van der Waals surface area contributed by atoms with Gasteiger partial charge in [-0.3, -0.25) is 0 Å². The highest BCUT2D eigenvalue weighted by atomic mass is 79.9. The number of halogens is 1. The molecule has 0 saturated heterocycles. The van der Waals surface area contributed by atoms with Crippen molar-refractivity contribution in [2.45, 2.75) is 38.6 Å². The van der Waals surface area contributed by atoms with Gasteiger partial charge in [0.2, 0.25) is 10.0 Å². The van der Waals surface area contributed by atoms with Crippen molar-refractivity contribution < 1.29 is 8.42 Å². The molecule has 1 aromatic rings. The van der Waals surface area contributed by atoms with Crippen LogP contribution in [0, 0.1) is 0 Å². The Morgan fingerprint density at radius 2 is 1.89 bits per heavy atom. The number of alkyl halides is 1. The third-order valence-corrected chi connectivity index (χ3v) is 5.22. The Morgan fingerprint density at radius 1 is 1.26 bits per heavy atom. The van der Waals surface area contributed by atoms with E-state index in [1.807, 2.05) is 44.2 Å². The Morgan fingerprint density at radius 3 is 2.42 bits per heavy atom. The molecule has 5 heteroatoms. The zero-order valence-corrected chi connectivity index (χ0v) is 13.9. The molecule has 0 aliphatic rings. The molecule has 0 aliphatic carbocycles. The first-order chi connectivity index (χ1) is 8.98. The van der Waals surface area contributed by atoms with Crippen molar-refractivity contribution in [2.24, 2.45) is 0 Å². The van der Waals surface area contributed by atoms with Gasteiger partial charge in [0.1, 0.15) is 0 Å². The van der Waals surface area contributed by atoms with Crippen LogP contribution in [0.1, 0.15) is 38.2 Å². The predicted octanol–water partition coefficient (Wildman–Crippen LogP) is 3.27. The van der Waals surface area contributed by atoms with E-state index in [4.69, 9.17) is 0 Å². The van der Waals surface area contributed by atoms with Gasteiger partial charge in [0.25, 0.3) is 0 Å². The average molecular weight is 348 g/mol. The van der Waals surface area contributed by atoms with Crippen LogP contribution in [-0.2, 0) is 10.0 Å². The first-order valence-electron chi connectivity index (χ1n) is 6.59.